The molecule has 0 radical (unpaired) electrons. The molecular formula is C16H16F3NO. The normalized spacial score (nSPS) is 13.2. The Kier molecular flexibility index (Phi) is 4.63. The molecule has 0 aliphatic rings. The zero-order valence-corrected chi connectivity index (χ0v) is 11.6. The lowest BCUT2D eigenvalue weighted by molar-refractivity contribution is -0.139. The van der Waals surface area contributed by atoms with Crippen LogP contribution in [-0.2, 0) is 12.6 Å². The number of hydrogen-bond acceptors (Lipinski definition) is 2. The zero-order chi connectivity index (χ0) is 15.5. The van der Waals surface area contributed by atoms with Crippen LogP contribution in [-0.4, -0.2) is 10.1 Å². The van der Waals surface area contributed by atoms with Crippen LogP contribution in [0.1, 0.15) is 34.8 Å². The Morgan fingerprint density at radius 3 is 2.67 bits per heavy atom. The van der Waals surface area contributed by atoms with Gasteiger partial charge < -0.3 is 5.11 Å². The molecule has 1 N–H and O–H groups in total. The fourth-order valence-corrected chi connectivity index (χ4v) is 2.26. The van der Waals surface area contributed by atoms with Crippen molar-refractivity contribution in [3.8, 4) is 0 Å². The van der Waals surface area contributed by atoms with Gasteiger partial charge in [0.1, 0.15) is 0 Å². The molecule has 1 heterocycles. The molecule has 0 saturated heterocycles. The van der Waals surface area contributed by atoms with Gasteiger partial charge >= 0.3 is 6.18 Å². The van der Waals surface area contributed by atoms with Crippen molar-refractivity contribution in [2.24, 2.45) is 0 Å². The average Bonchev–Trinajstić information content (AvgIpc) is 2.44. The van der Waals surface area contributed by atoms with Crippen LogP contribution >= 0.6 is 0 Å². The van der Waals surface area contributed by atoms with Gasteiger partial charge in [0.05, 0.1) is 11.7 Å². The number of aromatic nitrogens is 1. The Balaban J connectivity index is 2.12. The summed E-state index contributed by atoms with van der Waals surface area (Å²) in [4.78, 5) is 3.69. The molecule has 1 aromatic heterocycles. The number of nitrogens with zero attached hydrogens (tertiary/aromatic N) is 1. The SMILES string of the molecule is Cc1cccc(CCC(O)c2cnccc2C(F)(F)F)c1. The molecule has 1 unspecified atom stereocenters. The summed E-state index contributed by atoms with van der Waals surface area (Å²) in [6.45, 7) is 1.95. The number of aryl methyl sites for hydroxylation is 2. The summed E-state index contributed by atoms with van der Waals surface area (Å²) in [5.74, 6) is 0. The van der Waals surface area contributed by atoms with Gasteiger partial charge in [-0.1, -0.05) is 29.8 Å². The van der Waals surface area contributed by atoms with Gasteiger partial charge in [0.2, 0.25) is 0 Å². The topological polar surface area (TPSA) is 33.1 Å². The maximum absolute atomic E-state index is 12.9. The van der Waals surface area contributed by atoms with Crippen molar-refractivity contribution in [2.75, 3.05) is 0 Å². The lowest BCUT2D eigenvalue weighted by atomic mass is 9.98. The van der Waals surface area contributed by atoms with Crippen molar-refractivity contribution >= 4 is 0 Å². The predicted molar refractivity (Wildman–Crippen MR) is 73.7 cm³/mol. The minimum Gasteiger partial charge on any atom is -0.388 e. The maximum atomic E-state index is 12.9. The van der Waals surface area contributed by atoms with Crippen molar-refractivity contribution in [1.82, 2.24) is 4.98 Å². The first-order valence-electron chi connectivity index (χ1n) is 6.62. The molecule has 0 saturated carbocycles. The van der Waals surface area contributed by atoms with E-state index in [2.05, 4.69) is 4.98 Å². The van der Waals surface area contributed by atoms with Crippen molar-refractivity contribution in [1.29, 1.82) is 0 Å². The second-order valence-corrected chi connectivity index (χ2v) is 5.00. The highest BCUT2D eigenvalue weighted by molar-refractivity contribution is 5.29. The molecule has 2 rings (SSSR count). The van der Waals surface area contributed by atoms with Crippen LogP contribution in [0, 0.1) is 6.92 Å². The predicted octanol–water partition coefficient (Wildman–Crippen LogP) is 4.08. The van der Waals surface area contributed by atoms with E-state index in [1.165, 1.54) is 0 Å². The number of hydrogen-bond donors (Lipinski definition) is 1. The molecule has 1 aromatic carbocycles. The van der Waals surface area contributed by atoms with E-state index in [9.17, 15) is 18.3 Å². The Bertz CT molecular complexity index is 610. The van der Waals surface area contributed by atoms with Gasteiger partial charge in [-0.2, -0.15) is 13.2 Å². The quantitative estimate of drug-likeness (QED) is 0.922. The van der Waals surface area contributed by atoms with E-state index < -0.39 is 17.8 Å². The van der Waals surface area contributed by atoms with E-state index in [1.54, 1.807) is 0 Å². The van der Waals surface area contributed by atoms with Gasteiger partial charge in [-0.3, -0.25) is 4.98 Å². The molecule has 112 valence electrons. The minimum atomic E-state index is -4.48. The third kappa shape index (κ3) is 4.04. The molecule has 0 aliphatic heterocycles. The summed E-state index contributed by atoms with van der Waals surface area (Å²) in [7, 11) is 0. The van der Waals surface area contributed by atoms with Gasteiger partial charge in [-0.25, -0.2) is 0 Å². The number of alkyl halides is 3. The summed E-state index contributed by atoms with van der Waals surface area (Å²) >= 11 is 0. The van der Waals surface area contributed by atoms with Gasteiger partial charge in [-0.15, -0.1) is 0 Å². The van der Waals surface area contributed by atoms with E-state index in [4.69, 9.17) is 0 Å². The Hall–Kier alpha value is -1.88. The molecule has 2 nitrogen and oxygen atoms in total. The van der Waals surface area contributed by atoms with Crippen LogP contribution in [0.2, 0.25) is 0 Å². The molecule has 5 heteroatoms. The summed E-state index contributed by atoms with van der Waals surface area (Å²) in [5.41, 5.74) is 1.08. The maximum Gasteiger partial charge on any atom is 0.416 e. The average molecular weight is 295 g/mol. The van der Waals surface area contributed by atoms with Crippen LogP contribution in [0.5, 0.6) is 0 Å². The Morgan fingerprint density at radius 1 is 1.24 bits per heavy atom. The summed E-state index contributed by atoms with van der Waals surface area (Å²) in [5, 5.41) is 10.1. The fraction of sp³-hybridized carbons (Fsp3) is 0.312. The number of pyridine rings is 1. The zero-order valence-electron chi connectivity index (χ0n) is 11.6. The number of aliphatic hydroxyl groups is 1. The molecule has 0 spiro atoms. The lowest BCUT2D eigenvalue weighted by Crippen LogP contribution is -2.13. The van der Waals surface area contributed by atoms with Crippen molar-refractivity contribution in [2.45, 2.75) is 32.0 Å². The molecule has 2 aromatic rings. The number of benzene rings is 1. The van der Waals surface area contributed by atoms with Crippen LogP contribution in [0.4, 0.5) is 13.2 Å². The first kappa shape index (κ1) is 15.5. The third-order valence-corrected chi connectivity index (χ3v) is 3.31. The van der Waals surface area contributed by atoms with E-state index in [0.717, 1.165) is 29.6 Å². The van der Waals surface area contributed by atoms with Crippen molar-refractivity contribution < 1.29 is 18.3 Å². The minimum absolute atomic E-state index is 0.169. The van der Waals surface area contributed by atoms with Crippen LogP contribution in [0.15, 0.2) is 42.7 Å². The highest BCUT2D eigenvalue weighted by Gasteiger charge is 2.34. The van der Waals surface area contributed by atoms with Gasteiger partial charge in [0.25, 0.3) is 0 Å². The van der Waals surface area contributed by atoms with Gasteiger partial charge in [0, 0.05) is 18.0 Å². The fourth-order valence-electron chi connectivity index (χ4n) is 2.26. The number of halogens is 3. The summed E-state index contributed by atoms with van der Waals surface area (Å²) in [6.07, 6.45) is -2.77. The molecular weight excluding hydrogens is 279 g/mol. The molecule has 0 bridgehead atoms. The van der Waals surface area contributed by atoms with E-state index in [-0.39, 0.29) is 12.0 Å². The Labute approximate surface area is 121 Å². The molecule has 0 amide bonds. The second kappa shape index (κ2) is 6.26. The lowest BCUT2D eigenvalue weighted by Gasteiger charge is -2.17. The standard InChI is InChI=1S/C16H16F3NO/c1-11-3-2-4-12(9-11)5-6-15(21)13-10-20-8-7-14(13)16(17,18)19/h2-4,7-10,15,21H,5-6H2,1H3. The van der Waals surface area contributed by atoms with E-state index in [1.807, 2.05) is 31.2 Å². The molecule has 0 aliphatic carbocycles. The van der Waals surface area contributed by atoms with Crippen molar-refractivity contribution in [3.05, 3.63) is 65.0 Å². The van der Waals surface area contributed by atoms with Gasteiger partial charge in [0.15, 0.2) is 0 Å². The highest BCUT2D eigenvalue weighted by Crippen LogP contribution is 2.35. The monoisotopic (exact) mass is 295 g/mol. The first-order valence-corrected chi connectivity index (χ1v) is 6.62. The summed E-state index contributed by atoms with van der Waals surface area (Å²) in [6, 6.07) is 8.59. The Morgan fingerprint density at radius 2 is 2.00 bits per heavy atom. The van der Waals surface area contributed by atoms with Gasteiger partial charge in [-0.05, 0) is 31.4 Å². The van der Waals surface area contributed by atoms with Crippen molar-refractivity contribution in [3.63, 3.8) is 0 Å². The van der Waals surface area contributed by atoms with Crippen LogP contribution in [0.3, 0.4) is 0 Å². The molecule has 1 atom stereocenters. The number of rotatable bonds is 4. The van der Waals surface area contributed by atoms with E-state index >= 15 is 0 Å². The smallest absolute Gasteiger partial charge is 0.388 e. The van der Waals surface area contributed by atoms with Crippen LogP contribution in [0.25, 0.3) is 0 Å². The largest absolute Gasteiger partial charge is 0.416 e. The highest BCUT2D eigenvalue weighted by atomic mass is 19.4. The third-order valence-electron chi connectivity index (χ3n) is 3.31. The van der Waals surface area contributed by atoms with E-state index in [0.29, 0.717) is 6.42 Å². The molecule has 0 fully saturated rings. The number of aliphatic hydroxyl groups excluding tert-OH is 1. The summed E-state index contributed by atoms with van der Waals surface area (Å²) < 4.78 is 38.7. The first-order chi connectivity index (χ1) is 9.88. The molecule has 21 heavy (non-hydrogen) atoms. The second-order valence-electron chi connectivity index (χ2n) is 5.00. The van der Waals surface area contributed by atoms with Crippen LogP contribution < -0.4 is 0 Å².